The highest BCUT2D eigenvalue weighted by Gasteiger charge is 2.13. The molecule has 1 aromatic carbocycles. The van der Waals surface area contributed by atoms with E-state index in [0.29, 0.717) is 11.7 Å². The summed E-state index contributed by atoms with van der Waals surface area (Å²) < 4.78 is 31.6. The normalized spacial score (nSPS) is 10.4. The number of nitrogens with zero attached hydrogens (tertiary/aromatic N) is 2. The highest BCUT2D eigenvalue weighted by Crippen LogP contribution is 2.28. The van der Waals surface area contributed by atoms with Gasteiger partial charge in [0.25, 0.3) is 0 Å². The lowest BCUT2D eigenvalue weighted by Gasteiger charge is -2.12. The van der Waals surface area contributed by atoms with E-state index in [1.54, 1.807) is 7.05 Å². The van der Waals surface area contributed by atoms with Gasteiger partial charge in [-0.15, -0.1) is 0 Å². The molecule has 0 radical (unpaired) electrons. The van der Waals surface area contributed by atoms with Crippen LogP contribution < -0.4 is 10.1 Å². The Kier molecular flexibility index (Phi) is 4.45. The second kappa shape index (κ2) is 6.27. The third-order valence-corrected chi connectivity index (χ3v) is 2.75. The number of nitrogens with one attached hydrogen (secondary N) is 1. The Labute approximate surface area is 115 Å². The first-order valence-corrected chi connectivity index (χ1v) is 6.30. The number of halogens is 2. The molecule has 0 saturated heterocycles. The Hall–Kier alpha value is -2.24. The first-order chi connectivity index (χ1) is 9.65. The molecule has 106 valence electrons. The molecule has 4 nitrogen and oxygen atoms in total. The lowest BCUT2D eigenvalue weighted by molar-refractivity contribution is 0.441. The molecule has 20 heavy (non-hydrogen) atoms. The Morgan fingerprint density at radius 1 is 1.20 bits per heavy atom. The van der Waals surface area contributed by atoms with E-state index in [4.69, 9.17) is 4.74 Å². The maximum Gasteiger partial charge on any atom is 0.227 e. The van der Waals surface area contributed by atoms with E-state index >= 15 is 0 Å². The van der Waals surface area contributed by atoms with E-state index in [9.17, 15) is 8.78 Å². The molecule has 0 saturated carbocycles. The van der Waals surface area contributed by atoms with Gasteiger partial charge in [0.1, 0.15) is 17.9 Å². The predicted octanol–water partition coefficient (Wildman–Crippen LogP) is 3.54. The average molecular weight is 279 g/mol. The van der Waals surface area contributed by atoms with Crippen LogP contribution in [0, 0.1) is 11.6 Å². The zero-order chi connectivity index (χ0) is 14.5. The van der Waals surface area contributed by atoms with Gasteiger partial charge in [0, 0.05) is 13.1 Å². The van der Waals surface area contributed by atoms with Crippen molar-refractivity contribution in [3.8, 4) is 11.6 Å². The van der Waals surface area contributed by atoms with Crippen molar-refractivity contribution in [3.05, 3.63) is 41.7 Å². The van der Waals surface area contributed by atoms with Crippen molar-refractivity contribution in [1.29, 1.82) is 0 Å². The topological polar surface area (TPSA) is 47.0 Å². The number of hydrogen-bond donors (Lipinski definition) is 1. The van der Waals surface area contributed by atoms with Gasteiger partial charge in [-0.25, -0.2) is 18.7 Å². The van der Waals surface area contributed by atoms with Crippen molar-refractivity contribution in [1.82, 2.24) is 9.97 Å². The highest BCUT2D eigenvalue weighted by atomic mass is 19.2. The van der Waals surface area contributed by atoms with E-state index in [1.165, 1.54) is 12.4 Å². The minimum atomic E-state index is -0.956. The van der Waals surface area contributed by atoms with Crippen LogP contribution in [0.15, 0.2) is 24.5 Å². The van der Waals surface area contributed by atoms with Crippen LogP contribution in [0.1, 0.15) is 18.9 Å². The summed E-state index contributed by atoms with van der Waals surface area (Å²) in [6.07, 6.45) is 2.96. The van der Waals surface area contributed by atoms with Gasteiger partial charge in [0.15, 0.2) is 11.6 Å². The van der Waals surface area contributed by atoms with Crippen LogP contribution >= 0.6 is 0 Å². The van der Waals surface area contributed by atoms with Crippen molar-refractivity contribution >= 4 is 5.82 Å². The molecule has 0 atom stereocenters. The maximum absolute atomic E-state index is 13.2. The van der Waals surface area contributed by atoms with Gasteiger partial charge >= 0.3 is 0 Å². The summed E-state index contributed by atoms with van der Waals surface area (Å²) in [5.74, 6) is -0.661. The summed E-state index contributed by atoms with van der Waals surface area (Å²) in [6, 6.07) is 3.37. The smallest absolute Gasteiger partial charge is 0.227 e. The Balaban J connectivity index is 2.34. The summed E-state index contributed by atoms with van der Waals surface area (Å²) in [6.45, 7) is 2.02. The van der Waals surface area contributed by atoms with Gasteiger partial charge in [-0.05, 0) is 18.6 Å². The molecule has 0 aliphatic rings. The van der Waals surface area contributed by atoms with Gasteiger partial charge in [-0.3, -0.25) is 0 Å². The quantitative estimate of drug-likeness (QED) is 0.909. The second-order valence-electron chi connectivity index (χ2n) is 4.18. The van der Waals surface area contributed by atoms with E-state index in [-0.39, 0.29) is 5.75 Å². The summed E-state index contributed by atoms with van der Waals surface area (Å²) in [4.78, 5) is 8.18. The Morgan fingerprint density at radius 2 is 2.00 bits per heavy atom. The third kappa shape index (κ3) is 3.01. The van der Waals surface area contributed by atoms with Gasteiger partial charge in [0.05, 0.1) is 5.56 Å². The van der Waals surface area contributed by atoms with Crippen molar-refractivity contribution in [3.63, 3.8) is 0 Å². The summed E-state index contributed by atoms with van der Waals surface area (Å²) in [5.41, 5.74) is 0.808. The Bertz CT molecular complexity index is 605. The van der Waals surface area contributed by atoms with E-state index < -0.39 is 11.6 Å². The molecule has 0 unspecified atom stereocenters. The molecular formula is C14H15F2N3O. The van der Waals surface area contributed by atoms with Crippen molar-refractivity contribution in [2.75, 3.05) is 12.4 Å². The number of benzene rings is 1. The molecular weight excluding hydrogens is 264 g/mol. The molecule has 0 spiro atoms. The molecule has 0 bridgehead atoms. The zero-order valence-electron chi connectivity index (χ0n) is 11.3. The van der Waals surface area contributed by atoms with E-state index in [2.05, 4.69) is 15.3 Å². The van der Waals surface area contributed by atoms with Crippen LogP contribution in [0.25, 0.3) is 0 Å². The first kappa shape index (κ1) is 14.2. The number of aromatic nitrogens is 2. The summed E-state index contributed by atoms with van der Waals surface area (Å²) in [5, 5.41) is 2.96. The van der Waals surface area contributed by atoms with Crippen molar-refractivity contribution in [2.24, 2.45) is 0 Å². The highest BCUT2D eigenvalue weighted by molar-refractivity contribution is 5.49. The van der Waals surface area contributed by atoms with Crippen LogP contribution in [0.5, 0.6) is 11.6 Å². The van der Waals surface area contributed by atoms with Gasteiger partial charge in [0.2, 0.25) is 5.88 Å². The number of rotatable bonds is 5. The summed E-state index contributed by atoms with van der Waals surface area (Å²) in [7, 11) is 1.75. The lowest BCUT2D eigenvalue weighted by Crippen LogP contribution is -2.03. The fraction of sp³-hybridized carbons (Fsp3) is 0.286. The fourth-order valence-corrected chi connectivity index (χ4v) is 1.83. The van der Waals surface area contributed by atoms with Crippen LogP contribution in [-0.2, 0) is 6.42 Å². The minimum Gasteiger partial charge on any atom is -0.438 e. The molecule has 2 rings (SSSR count). The van der Waals surface area contributed by atoms with Crippen molar-refractivity contribution < 1.29 is 13.5 Å². The fourth-order valence-electron chi connectivity index (χ4n) is 1.83. The molecule has 2 aromatic rings. The molecule has 1 aromatic heterocycles. The van der Waals surface area contributed by atoms with Gasteiger partial charge in [-0.1, -0.05) is 13.3 Å². The number of ether oxygens (including phenoxy) is 1. The van der Waals surface area contributed by atoms with Crippen LogP contribution in [0.2, 0.25) is 0 Å². The second-order valence-corrected chi connectivity index (χ2v) is 4.18. The van der Waals surface area contributed by atoms with Crippen LogP contribution in [0.3, 0.4) is 0 Å². The molecule has 0 amide bonds. The summed E-state index contributed by atoms with van der Waals surface area (Å²) >= 11 is 0. The Morgan fingerprint density at radius 3 is 2.65 bits per heavy atom. The van der Waals surface area contributed by atoms with Gasteiger partial charge in [-0.2, -0.15) is 0 Å². The SMILES string of the molecule is CCCc1c(NC)ncnc1Oc1ccc(F)c(F)c1. The largest absolute Gasteiger partial charge is 0.438 e. The lowest BCUT2D eigenvalue weighted by atomic mass is 10.1. The number of hydrogen-bond acceptors (Lipinski definition) is 4. The molecule has 0 aliphatic heterocycles. The third-order valence-electron chi connectivity index (χ3n) is 2.75. The predicted molar refractivity (Wildman–Crippen MR) is 72.0 cm³/mol. The van der Waals surface area contributed by atoms with Crippen molar-refractivity contribution in [2.45, 2.75) is 19.8 Å². The standard InChI is InChI=1S/C14H15F2N3O/c1-3-4-10-13(17-2)18-8-19-14(10)20-9-5-6-11(15)12(16)7-9/h5-8H,3-4H2,1-2H3,(H,17,18,19). The molecule has 1 N–H and O–H groups in total. The molecule has 0 aliphatic carbocycles. The molecule has 1 heterocycles. The number of anilines is 1. The average Bonchev–Trinajstić information content (AvgIpc) is 2.45. The van der Waals surface area contributed by atoms with E-state index in [0.717, 1.165) is 30.5 Å². The zero-order valence-corrected chi connectivity index (χ0v) is 11.3. The molecule has 6 heteroatoms. The maximum atomic E-state index is 13.2. The monoisotopic (exact) mass is 279 g/mol. The van der Waals surface area contributed by atoms with E-state index in [1.807, 2.05) is 6.92 Å². The van der Waals surface area contributed by atoms with Crippen LogP contribution in [0.4, 0.5) is 14.6 Å². The molecule has 0 fully saturated rings. The van der Waals surface area contributed by atoms with Gasteiger partial charge < -0.3 is 10.1 Å². The first-order valence-electron chi connectivity index (χ1n) is 6.30. The van der Waals surface area contributed by atoms with Crippen LogP contribution in [-0.4, -0.2) is 17.0 Å². The minimum absolute atomic E-state index is 0.196.